The van der Waals surface area contributed by atoms with Gasteiger partial charge in [0.1, 0.15) is 11.9 Å². The van der Waals surface area contributed by atoms with Gasteiger partial charge in [-0.2, -0.15) is 4.31 Å². The largest absolute Gasteiger partial charge is 0.340 e. The fourth-order valence-electron chi connectivity index (χ4n) is 3.11. The van der Waals surface area contributed by atoms with Crippen molar-refractivity contribution < 1.29 is 17.6 Å². The molecular formula is C19H22FN3O3S. The van der Waals surface area contributed by atoms with Gasteiger partial charge >= 0.3 is 0 Å². The Hall–Kier alpha value is -2.29. The van der Waals surface area contributed by atoms with Crippen molar-refractivity contribution in [2.75, 3.05) is 26.2 Å². The van der Waals surface area contributed by atoms with Crippen LogP contribution in [0.2, 0.25) is 0 Å². The summed E-state index contributed by atoms with van der Waals surface area (Å²) in [6.45, 7) is 1.17. The second kappa shape index (κ2) is 8.16. The van der Waals surface area contributed by atoms with Gasteiger partial charge in [0.15, 0.2) is 0 Å². The molecule has 144 valence electrons. The molecule has 1 aliphatic heterocycles. The fraction of sp³-hybridized carbons (Fsp3) is 0.316. The number of hydrogen-bond acceptors (Lipinski definition) is 4. The quantitative estimate of drug-likeness (QED) is 0.861. The molecule has 1 heterocycles. The summed E-state index contributed by atoms with van der Waals surface area (Å²) in [6.07, 6.45) is 0.508. The molecular weight excluding hydrogens is 369 g/mol. The highest BCUT2D eigenvalue weighted by atomic mass is 32.2. The molecule has 27 heavy (non-hydrogen) atoms. The minimum Gasteiger partial charge on any atom is -0.340 e. The van der Waals surface area contributed by atoms with Crippen LogP contribution in [0.3, 0.4) is 0 Å². The van der Waals surface area contributed by atoms with Crippen molar-refractivity contribution >= 4 is 15.9 Å². The average Bonchev–Trinajstić information content (AvgIpc) is 2.94. The lowest BCUT2D eigenvalue weighted by Crippen LogP contribution is -2.41. The molecule has 1 aliphatic rings. The first-order chi connectivity index (χ1) is 12.9. The van der Waals surface area contributed by atoms with Gasteiger partial charge in [-0.3, -0.25) is 4.79 Å². The molecule has 0 aromatic heterocycles. The minimum atomic E-state index is -3.73. The van der Waals surface area contributed by atoms with Crippen LogP contribution in [0.5, 0.6) is 0 Å². The van der Waals surface area contributed by atoms with E-state index in [0.717, 1.165) is 17.7 Å². The zero-order chi connectivity index (χ0) is 19.4. The second-order valence-corrected chi connectivity index (χ2v) is 8.36. The highest BCUT2D eigenvalue weighted by molar-refractivity contribution is 7.89. The topological polar surface area (TPSA) is 83.7 Å². The smallest absolute Gasteiger partial charge is 0.244 e. The first-order valence-electron chi connectivity index (χ1n) is 8.74. The Morgan fingerprint density at radius 1 is 0.963 bits per heavy atom. The standard InChI is InChI=1S/C19H22FN3O3S/c20-16-7-9-17(10-8-16)27(25,26)23-12-4-11-22(13-14-23)19(24)18(21)15-5-2-1-3-6-15/h1-3,5-10,18H,4,11-14,21H2. The molecule has 1 amide bonds. The van der Waals surface area contributed by atoms with Crippen molar-refractivity contribution in [3.63, 3.8) is 0 Å². The third-order valence-corrected chi connectivity index (χ3v) is 6.56. The summed E-state index contributed by atoms with van der Waals surface area (Å²) in [4.78, 5) is 14.4. The third-order valence-electron chi connectivity index (χ3n) is 4.64. The van der Waals surface area contributed by atoms with Crippen LogP contribution < -0.4 is 5.73 Å². The van der Waals surface area contributed by atoms with Crippen LogP contribution in [0, 0.1) is 5.82 Å². The second-order valence-electron chi connectivity index (χ2n) is 6.43. The summed E-state index contributed by atoms with van der Waals surface area (Å²) >= 11 is 0. The lowest BCUT2D eigenvalue weighted by Gasteiger charge is -2.24. The van der Waals surface area contributed by atoms with Gasteiger partial charge in [-0.25, -0.2) is 12.8 Å². The first-order valence-corrected chi connectivity index (χ1v) is 10.2. The Morgan fingerprint density at radius 3 is 2.30 bits per heavy atom. The Balaban J connectivity index is 1.70. The Morgan fingerprint density at radius 2 is 1.63 bits per heavy atom. The number of rotatable bonds is 4. The van der Waals surface area contributed by atoms with E-state index >= 15 is 0 Å². The number of carbonyl (C=O) groups is 1. The summed E-state index contributed by atoms with van der Waals surface area (Å²) < 4.78 is 39.9. The van der Waals surface area contributed by atoms with E-state index in [0.29, 0.717) is 19.5 Å². The van der Waals surface area contributed by atoms with Gasteiger partial charge in [0.2, 0.25) is 15.9 Å². The molecule has 2 N–H and O–H groups in total. The molecule has 0 saturated carbocycles. The predicted octanol–water partition coefficient (Wildman–Crippen LogP) is 1.75. The van der Waals surface area contributed by atoms with Crippen LogP contribution in [0.1, 0.15) is 18.0 Å². The summed E-state index contributed by atoms with van der Waals surface area (Å²) in [6, 6.07) is 13.1. The maximum atomic E-state index is 13.1. The zero-order valence-electron chi connectivity index (χ0n) is 14.8. The Bertz CT molecular complexity index is 888. The number of hydrogen-bond donors (Lipinski definition) is 1. The Labute approximate surface area is 158 Å². The maximum Gasteiger partial charge on any atom is 0.244 e. The van der Waals surface area contributed by atoms with Gasteiger partial charge in [-0.1, -0.05) is 30.3 Å². The van der Waals surface area contributed by atoms with Crippen molar-refractivity contribution in [1.29, 1.82) is 0 Å². The summed E-state index contributed by atoms with van der Waals surface area (Å²) in [5, 5.41) is 0. The van der Waals surface area contributed by atoms with Crippen LogP contribution in [0.4, 0.5) is 4.39 Å². The van der Waals surface area contributed by atoms with E-state index in [-0.39, 0.29) is 23.9 Å². The molecule has 0 radical (unpaired) electrons. The molecule has 0 aliphatic carbocycles. The summed E-state index contributed by atoms with van der Waals surface area (Å²) in [5.74, 6) is -0.710. The van der Waals surface area contributed by atoms with Gasteiger partial charge in [-0.05, 0) is 36.2 Å². The molecule has 1 fully saturated rings. The van der Waals surface area contributed by atoms with Crippen molar-refractivity contribution in [2.45, 2.75) is 17.4 Å². The number of carbonyl (C=O) groups excluding carboxylic acids is 1. The van der Waals surface area contributed by atoms with Crippen molar-refractivity contribution in [3.8, 4) is 0 Å². The summed E-state index contributed by atoms with van der Waals surface area (Å²) in [5.41, 5.74) is 6.81. The van der Waals surface area contributed by atoms with Crippen molar-refractivity contribution in [3.05, 3.63) is 66.0 Å². The lowest BCUT2D eigenvalue weighted by molar-refractivity contribution is -0.132. The maximum absolute atomic E-state index is 13.1. The predicted molar refractivity (Wildman–Crippen MR) is 99.7 cm³/mol. The van der Waals surface area contributed by atoms with Gasteiger partial charge in [0.25, 0.3) is 0 Å². The molecule has 2 aromatic carbocycles. The van der Waals surface area contributed by atoms with Gasteiger partial charge in [-0.15, -0.1) is 0 Å². The van der Waals surface area contributed by atoms with Crippen molar-refractivity contribution in [1.82, 2.24) is 9.21 Å². The average molecular weight is 391 g/mol. The molecule has 1 saturated heterocycles. The van der Waals surface area contributed by atoms with E-state index in [2.05, 4.69) is 0 Å². The van der Waals surface area contributed by atoms with Crippen LogP contribution in [-0.2, 0) is 14.8 Å². The van der Waals surface area contributed by atoms with E-state index in [1.165, 1.54) is 16.4 Å². The molecule has 6 nitrogen and oxygen atoms in total. The van der Waals surface area contributed by atoms with Crippen LogP contribution >= 0.6 is 0 Å². The number of nitrogens with zero attached hydrogens (tertiary/aromatic N) is 2. The lowest BCUT2D eigenvalue weighted by atomic mass is 10.1. The number of halogens is 1. The number of nitrogens with two attached hydrogens (primary N) is 1. The Kier molecular flexibility index (Phi) is 5.88. The monoisotopic (exact) mass is 391 g/mol. The van der Waals surface area contributed by atoms with E-state index < -0.39 is 21.9 Å². The zero-order valence-corrected chi connectivity index (χ0v) is 15.6. The van der Waals surface area contributed by atoms with Gasteiger partial charge in [0.05, 0.1) is 4.90 Å². The number of sulfonamides is 1. The van der Waals surface area contributed by atoms with E-state index in [1.807, 2.05) is 18.2 Å². The molecule has 0 bridgehead atoms. The first kappa shape index (κ1) is 19.5. The SMILES string of the molecule is NC(C(=O)N1CCCN(S(=O)(=O)c2ccc(F)cc2)CC1)c1ccccc1. The van der Waals surface area contributed by atoms with Crippen LogP contribution in [0.25, 0.3) is 0 Å². The minimum absolute atomic E-state index is 0.0460. The van der Waals surface area contributed by atoms with Gasteiger partial charge < -0.3 is 10.6 Å². The van der Waals surface area contributed by atoms with Crippen molar-refractivity contribution in [2.24, 2.45) is 5.73 Å². The highest BCUT2D eigenvalue weighted by Crippen LogP contribution is 2.20. The number of amides is 1. The highest BCUT2D eigenvalue weighted by Gasteiger charge is 2.30. The molecule has 1 atom stereocenters. The number of benzene rings is 2. The molecule has 3 rings (SSSR count). The fourth-order valence-corrected chi connectivity index (χ4v) is 4.58. The third kappa shape index (κ3) is 4.35. The molecule has 8 heteroatoms. The van der Waals surface area contributed by atoms with E-state index in [4.69, 9.17) is 5.73 Å². The van der Waals surface area contributed by atoms with Crippen LogP contribution in [-0.4, -0.2) is 49.7 Å². The van der Waals surface area contributed by atoms with Gasteiger partial charge in [0, 0.05) is 26.2 Å². The molecule has 0 spiro atoms. The normalized spacial score (nSPS) is 17.3. The molecule has 2 aromatic rings. The van der Waals surface area contributed by atoms with E-state index in [9.17, 15) is 17.6 Å². The summed E-state index contributed by atoms with van der Waals surface area (Å²) in [7, 11) is -3.73. The van der Waals surface area contributed by atoms with Crippen LogP contribution in [0.15, 0.2) is 59.5 Å². The van der Waals surface area contributed by atoms with E-state index in [1.54, 1.807) is 17.0 Å². The molecule has 1 unspecified atom stereocenters.